The molecule has 0 saturated heterocycles. The number of methoxy groups -OCH3 is 2. The Hall–Kier alpha value is -6.72. The Morgan fingerprint density at radius 1 is 0.459 bits per heavy atom. The number of nitrogens with zero attached hydrogens (tertiary/aromatic N) is 4. The predicted molar refractivity (Wildman–Crippen MR) is 233 cm³/mol. The maximum Gasteiger partial charge on any atom is 0.163 e. The van der Waals surface area contributed by atoms with E-state index in [1.807, 2.05) is 72.8 Å². The summed E-state index contributed by atoms with van der Waals surface area (Å²) in [4.78, 5) is 17.8. The van der Waals surface area contributed by atoms with Crippen LogP contribution in [0.1, 0.15) is 11.1 Å². The van der Waals surface area contributed by atoms with Crippen molar-refractivity contribution in [1.29, 1.82) is 0 Å². The Bertz CT molecular complexity index is 2250. The first-order valence-electron chi connectivity index (χ1n) is 19.6. The fourth-order valence-corrected chi connectivity index (χ4v) is 5.86. The van der Waals surface area contributed by atoms with Crippen molar-refractivity contribution in [3.63, 3.8) is 0 Å². The van der Waals surface area contributed by atoms with Gasteiger partial charge in [-0.05, 0) is 48.5 Å². The number of ether oxygens (including phenoxy) is 9. The average Bonchev–Trinajstić information content (AvgIpc) is 3.28. The van der Waals surface area contributed by atoms with Crippen molar-refractivity contribution < 1.29 is 42.6 Å². The maximum atomic E-state index is 6.12. The predicted octanol–water partition coefficient (Wildman–Crippen LogP) is 6.58. The molecule has 0 unspecified atom stereocenters. The highest BCUT2D eigenvalue weighted by molar-refractivity contribution is 5.94. The number of nitrogens with one attached hydrogen (secondary N) is 2. The van der Waals surface area contributed by atoms with Crippen LogP contribution in [-0.2, 0) is 23.7 Å². The third-order valence-electron chi connectivity index (χ3n) is 8.79. The summed E-state index contributed by atoms with van der Waals surface area (Å²) in [6.07, 6.45) is 14.2. The van der Waals surface area contributed by atoms with Gasteiger partial charge in [0, 0.05) is 59.6 Å². The van der Waals surface area contributed by atoms with E-state index in [1.165, 1.54) is 12.7 Å². The lowest BCUT2D eigenvalue weighted by molar-refractivity contribution is 0.00470. The van der Waals surface area contributed by atoms with Crippen LogP contribution in [0.3, 0.4) is 0 Å². The van der Waals surface area contributed by atoms with Crippen LogP contribution >= 0.6 is 0 Å². The summed E-state index contributed by atoms with van der Waals surface area (Å²) in [5.74, 6) is 8.61. The lowest BCUT2D eigenvalue weighted by Gasteiger charge is -2.16. The van der Waals surface area contributed by atoms with Crippen LogP contribution in [0.5, 0.6) is 23.0 Å². The lowest BCUT2D eigenvalue weighted by Crippen LogP contribution is -2.15. The molecule has 2 aromatic heterocycles. The van der Waals surface area contributed by atoms with Crippen LogP contribution < -0.4 is 29.6 Å². The van der Waals surface area contributed by atoms with Crippen LogP contribution in [0.2, 0.25) is 0 Å². The summed E-state index contributed by atoms with van der Waals surface area (Å²) >= 11 is 0. The van der Waals surface area contributed by atoms with Gasteiger partial charge in [-0.25, -0.2) is 19.9 Å². The average molecular weight is 829 g/mol. The second kappa shape index (κ2) is 23.8. The Morgan fingerprint density at radius 2 is 0.836 bits per heavy atom. The molecular weight excluding hydrogens is 781 g/mol. The number of hydrogen-bond donors (Lipinski definition) is 2. The summed E-state index contributed by atoms with van der Waals surface area (Å²) in [5, 5.41) is 8.16. The standard InChI is InChI=1S/C46H48N6O9/c1-5-33-9-7-11-35(25-33)51-45-37-27-41(43(58-21-13-53-3)29-39(37)47-31-49-45)60-23-19-56-17-15-55-16-18-57-20-24-61-42-28-38-40(30-44(42)59-22-14-54-4)48-32-50-46(38)52-36-12-8-10-34(6-2)26-36/h1-2,7-12,25-32H,13-24H2,3-4H3,(H,47,49,51)(H,48,50,52). The third-order valence-corrected chi connectivity index (χ3v) is 8.79. The van der Waals surface area contributed by atoms with Crippen molar-refractivity contribution in [1.82, 2.24) is 19.9 Å². The molecule has 0 radical (unpaired) electrons. The minimum absolute atomic E-state index is 0.275. The molecule has 61 heavy (non-hydrogen) atoms. The van der Waals surface area contributed by atoms with Gasteiger partial charge in [-0.1, -0.05) is 24.0 Å². The minimum Gasteiger partial charge on any atom is -0.487 e. The molecule has 0 bridgehead atoms. The van der Waals surface area contributed by atoms with E-state index in [1.54, 1.807) is 14.2 Å². The SMILES string of the molecule is C#Cc1cccc(Nc2ncnc3cc(OCCOC)c(OCCOCCOCCOCCOc4cc5c(Nc6cccc(C#C)c6)ncnc5cc4OCCOC)cc23)c1. The van der Waals surface area contributed by atoms with Gasteiger partial charge in [0.25, 0.3) is 0 Å². The zero-order valence-electron chi connectivity index (χ0n) is 34.2. The van der Waals surface area contributed by atoms with Gasteiger partial charge >= 0.3 is 0 Å². The van der Waals surface area contributed by atoms with E-state index in [-0.39, 0.29) is 13.2 Å². The van der Waals surface area contributed by atoms with Gasteiger partial charge in [0.1, 0.15) is 50.7 Å². The van der Waals surface area contributed by atoms with Crippen LogP contribution in [0, 0.1) is 24.7 Å². The van der Waals surface area contributed by atoms with Crippen molar-refractivity contribution in [3.8, 4) is 47.7 Å². The second-order valence-electron chi connectivity index (χ2n) is 13.0. The molecule has 15 nitrogen and oxygen atoms in total. The molecule has 6 aromatic rings. The zero-order chi connectivity index (χ0) is 42.5. The maximum absolute atomic E-state index is 6.12. The molecule has 316 valence electrons. The summed E-state index contributed by atoms with van der Waals surface area (Å²) in [5.41, 5.74) is 4.47. The van der Waals surface area contributed by atoms with E-state index >= 15 is 0 Å². The van der Waals surface area contributed by atoms with E-state index in [0.717, 1.165) is 33.3 Å². The molecule has 0 atom stereocenters. The van der Waals surface area contributed by atoms with Crippen LogP contribution in [0.25, 0.3) is 21.8 Å². The van der Waals surface area contributed by atoms with E-state index in [2.05, 4.69) is 42.4 Å². The number of fused-ring (bicyclic) bond motifs is 2. The normalized spacial score (nSPS) is 10.9. The molecule has 0 aliphatic heterocycles. The Morgan fingerprint density at radius 3 is 1.23 bits per heavy atom. The molecule has 4 aromatic carbocycles. The Labute approximate surface area is 355 Å². The monoisotopic (exact) mass is 828 g/mol. The van der Waals surface area contributed by atoms with Crippen molar-refractivity contribution in [2.24, 2.45) is 0 Å². The van der Waals surface area contributed by atoms with Gasteiger partial charge in [0.05, 0.1) is 63.9 Å². The molecular formula is C46H48N6O9. The molecule has 0 saturated carbocycles. The fraction of sp³-hybridized carbons (Fsp3) is 0.304. The van der Waals surface area contributed by atoms with Gasteiger partial charge in [0.15, 0.2) is 23.0 Å². The number of terminal acetylenes is 2. The second-order valence-corrected chi connectivity index (χ2v) is 13.0. The van der Waals surface area contributed by atoms with Crippen molar-refractivity contribution >= 4 is 44.8 Å². The molecule has 0 spiro atoms. The molecule has 15 heteroatoms. The Kier molecular flexibility index (Phi) is 17.1. The fourth-order valence-electron chi connectivity index (χ4n) is 5.86. The van der Waals surface area contributed by atoms with Gasteiger partial charge in [0.2, 0.25) is 0 Å². The highest BCUT2D eigenvalue weighted by Crippen LogP contribution is 2.36. The van der Waals surface area contributed by atoms with Crippen LogP contribution in [0.15, 0.2) is 85.5 Å². The molecule has 6 rings (SSSR count). The first kappa shape index (κ1) is 43.8. The van der Waals surface area contributed by atoms with E-state index in [4.69, 9.17) is 55.5 Å². The molecule has 0 amide bonds. The number of benzene rings is 4. The highest BCUT2D eigenvalue weighted by atomic mass is 16.6. The number of anilines is 4. The lowest BCUT2D eigenvalue weighted by atomic mass is 10.2. The van der Waals surface area contributed by atoms with Gasteiger partial charge in [-0.15, -0.1) is 12.8 Å². The summed E-state index contributed by atoms with van der Waals surface area (Å²) in [6, 6.07) is 22.4. The van der Waals surface area contributed by atoms with E-state index in [9.17, 15) is 0 Å². The molecule has 0 aliphatic rings. The minimum atomic E-state index is 0.275. The Balaban J connectivity index is 0.927. The summed E-state index contributed by atoms with van der Waals surface area (Å²) in [7, 11) is 3.23. The van der Waals surface area contributed by atoms with Gasteiger partial charge < -0.3 is 53.3 Å². The largest absolute Gasteiger partial charge is 0.487 e. The molecule has 2 N–H and O–H groups in total. The first-order chi connectivity index (χ1) is 30.1. The van der Waals surface area contributed by atoms with Crippen LogP contribution in [-0.4, -0.2) is 113 Å². The van der Waals surface area contributed by atoms with Crippen molar-refractivity contribution in [2.75, 3.05) is 104 Å². The van der Waals surface area contributed by atoms with E-state index < -0.39 is 0 Å². The van der Waals surface area contributed by atoms with Gasteiger partial charge in [-0.2, -0.15) is 0 Å². The summed E-state index contributed by atoms with van der Waals surface area (Å²) in [6.45, 7) is 4.26. The molecule has 0 aliphatic carbocycles. The zero-order valence-corrected chi connectivity index (χ0v) is 34.2. The summed E-state index contributed by atoms with van der Waals surface area (Å²) < 4.78 is 51.7. The smallest absolute Gasteiger partial charge is 0.163 e. The number of aromatic nitrogens is 4. The number of hydrogen-bond acceptors (Lipinski definition) is 15. The van der Waals surface area contributed by atoms with Crippen molar-refractivity contribution in [3.05, 3.63) is 96.6 Å². The van der Waals surface area contributed by atoms with E-state index in [0.29, 0.717) is 112 Å². The van der Waals surface area contributed by atoms with Crippen molar-refractivity contribution in [2.45, 2.75) is 0 Å². The molecule has 2 heterocycles. The van der Waals surface area contributed by atoms with Gasteiger partial charge in [-0.3, -0.25) is 0 Å². The van der Waals surface area contributed by atoms with Crippen LogP contribution in [0.4, 0.5) is 23.0 Å². The molecule has 0 fully saturated rings. The quantitative estimate of drug-likeness (QED) is 0.0446. The first-order valence-corrected chi connectivity index (χ1v) is 19.6. The number of rotatable bonds is 26. The third kappa shape index (κ3) is 13.1. The highest BCUT2D eigenvalue weighted by Gasteiger charge is 2.15. The topological polar surface area (TPSA) is 159 Å².